The maximum absolute atomic E-state index is 13.1. The van der Waals surface area contributed by atoms with Crippen LogP contribution < -0.4 is 15.4 Å². The van der Waals surface area contributed by atoms with E-state index in [1.165, 1.54) is 12.1 Å². The fraction of sp³-hybridized carbons (Fsp3) is 0.500. The van der Waals surface area contributed by atoms with Crippen LogP contribution in [0.1, 0.15) is 12.5 Å². The highest BCUT2D eigenvalue weighted by Gasteiger charge is 2.00. The molecule has 0 heterocycles. The molecule has 22 heavy (non-hydrogen) atoms. The molecule has 0 saturated heterocycles. The maximum atomic E-state index is 13.1. The molecule has 0 aliphatic carbocycles. The van der Waals surface area contributed by atoms with E-state index in [0.29, 0.717) is 32.0 Å². The van der Waals surface area contributed by atoms with E-state index in [9.17, 15) is 12.8 Å². The largest absolute Gasteiger partial charge is 0.357 e. The standard InChI is InChI=1S/C14H23FN4O2S/c1-3-16-14(18-9-10-19-22(2,20)21)17-8-7-12-5-4-6-13(15)11-12/h4-6,11,19H,3,7-10H2,1-2H3,(H2,16,17,18). The van der Waals surface area contributed by atoms with Crippen molar-refractivity contribution in [3.05, 3.63) is 35.6 Å². The van der Waals surface area contributed by atoms with Crippen molar-refractivity contribution in [2.45, 2.75) is 13.3 Å². The number of guanidine groups is 1. The number of aliphatic imine (C=N–C) groups is 1. The van der Waals surface area contributed by atoms with Crippen molar-refractivity contribution in [2.75, 3.05) is 32.4 Å². The summed E-state index contributed by atoms with van der Waals surface area (Å²) in [6.45, 7) is 3.83. The number of benzene rings is 1. The predicted octanol–water partition coefficient (Wildman–Crippen LogP) is 0.473. The SMILES string of the molecule is CCNC(=NCCNS(C)(=O)=O)NCCc1cccc(F)c1. The highest BCUT2D eigenvalue weighted by molar-refractivity contribution is 7.88. The van der Waals surface area contributed by atoms with E-state index in [4.69, 9.17) is 0 Å². The van der Waals surface area contributed by atoms with Crippen molar-refractivity contribution in [1.82, 2.24) is 15.4 Å². The molecule has 0 aromatic heterocycles. The molecule has 1 rings (SSSR count). The molecule has 0 radical (unpaired) electrons. The van der Waals surface area contributed by atoms with Gasteiger partial charge in [-0.2, -0.15) is 0 Å². The van der Waals surface area contributed by atoms with Crippen molar-refractivity contribution >= 4 is 16.0 Å². The zero-order chi connectivity index (χ0) is 16.4. The van der Waals surface area contributed by atoms with E-state index in [1.807, 2.05) is 13.0 Å². The molecule has 124 valence electrons. The van der Waals surface area contributed by atoms with Gasteiger partial charge in [-0.3, -0.25) is 4.99 Å². The topological polar surface area (TPSA) is 82.6 Å². The Kier molecular flexibility index (Phi) is 7.83. The quantitative estimate of drug-likeness (QED) is 0.368. The lowest BCUT2D eigenvalue weighted by atomic mass is 10.1. The van der Waals surface area contributed by atoms with Gasteiger partial charge in [0, 0.05) is 19.6 Å². The van der Waals surface area contributed by atoms with Gasteiger partial charge in [-0.1, -0.05) is 12.1 Å². The van der Waals surface area contributed by atoms with Gasteiger partial charge >= 0.3 is 0 Å². The average Bonchev–Trinajstić information content (AvgIpc) is 2.42. The van der Waals surface area contributed by atoms with Gasteiger partial charge in [-0.25, -0.2) is 17.5 Å². The summed E-state index contributed by atoms with van der Waals surface area (Å²) in [7, 11) is -3.19. The fourth-order valence-electron chi connectivity index (χ4n) is 1.76. The van der Waals surface area contributed by atoms with Crippen LogP contribution in [0.25, 0.3) is 0 Å². The second-order valence-electron chi connectivity index (χ2n) is 4.73. The van der Waals surface area contributed by atoms with Crippen LogP contribution in [0, 0.1) is 5.82 Å². The van der Waals surface area contributed by atoms with E-state index in [1.54, 1.807) is 6.07 Å². The van der Waals surface area contributed by atoms with Crippen molar-refractivity contribution in [1.29, 1.82) is 0 Å². The Hall–Kier alpha value is -1.67. The number of nitrogens with zero attached hydrogens (tertiary/aromatic N) is 1. The molecule has 6 nitrogen and oxygen atoms in total. The minimum atomic E-state index is -3.19. The number of nitrogens with one attached hydrogen (secondary N) is 3. The summed E-state index contributed by atoms with van der Waals surface area (Å²) in [6.07, 6.45) is 1.78. The van der Waals surface area contributed by atoms with E-state index in [0.717, 1.165) is 11.8 Å². The van der Waals surface area contributed by atoms with Crippen LogP contribution in [0.5, 0.6) is 0 Å². The zero-order valence-corrected chi connectivity index (χ0v) is 13.7. The number of hydrogen-bond donors (Lipinski definition) is 3. The molecule has 8 heteroatoms. The second kappa shape index (κ2) is 9.37. The summed E-state index contributed by atoms with van der Waals surface area (Å²) in [5.41, 5.74) is 0.905. The Bertz CT molecular complexity index is 590. The Morgan fingerprint density at radius 3 is 2.68 bits per heavy atom. The minimum Gasteiger partial charge on any atom is -0.357 e. The Labute approximate surface area is 131 Å². The molecule has 0 unspecified atom stereocenters. The van der Waals surface area contributed by atoms with Crippen molar-refractivity contribution < 1.29 is 12.8 Å². The van der Waals surface area contributed by atoms with Gasteiger partial charge < -0.3 is 10.6 Å². The lowest BCUT2D eigenvalue weighted by molar-refractivity contribution is 0.588. The van der Waals surface area contributed by atoms with Crippen LogP contribution in [0.4, 0.5) is 4.39 Å². The molecule has 0 fully saturated rings. The third kappa shape index (κ3) is 8.58. The smallest absolute Gasteiger partial charge is 0.208 e. The molecule has 1 aromatic rings. The van der Waals surface area contributed by atoms with Gasteiger partial charge in [0.15, 0.2) is 5.96 Å². The second-order valence-corrected chi connectivity index (χ2v) is 6.57. The van der Waals surface area contributed by atoms with Gasteiger partial charge in [0.05, 0.1) is 12.8 Å². The first-order chi connectivity index (χ1) is 10.4. The molecule has 1 aromatic carbocycles. The number of rotatable bonds is 8. The molecule has 0 spiro atoms. The van der Waals surface area contributed by atoms with E-state index in [-0.39, 0.29) is 12.4 Å². The average molecular weight is 330 g/mol. The summed E-state index contributed by atoms with van der Waals surface area (Å²) >= 11 is 0. The van der Waals surface area contributed by atoms with Crippen LogP contribution in [0.15, 0.2) is 29.3 Å². The summed E-state index contributed by atoms with van der Waals surface area (Å²) in [5, 5.41) is 6.19. The van der Waals surface area contributed by atoms with Gasteiger partial charge in [0.1, 0.15) is 5.82 Å². The zero-order valence-electron chi connectivity index (χ0n) is 12.9. The van der Waals surface area contributed by atoms with Gasteiger partial charge in [-0.15, -0.1) is 0 Å². The summed E-state index contributed by atoms with van der Waals surface area (Å²) in [6, 6.07) is 6.46. The maximum Gasteiger partial charge on any atom is 0.208 e. The first-order valence-corrected chi connectivity index (χ1v) is 9.01. The van der Waals surface area contributed by atoms with Crippen molar-refractivity contribution in [2.24, 2.45) is 4.99 Å². The minimum absolute atomic E-state index is 0.245. The third-order valence-electron chi connectivity index (χ3n) is 2.69. The van der Waals surface area contributed by atoms with Crippen molar-refractivity contribution in [3.63, 3.8) is 0 Å². The molecular formula is C14H23FN4O2S. The fourth-order valence-corrected chi connectivity index (χ4v) is 2.22. The molecule has 0 bridgehead atoms. The van der Waals surface area contributed by atoms with Crippen LogP contribution in [-0.4, -0.2) is 46.8 Å². The van der Waals surface area contributed by atoms with Gasteiger partial charge in [0.2, 0.25) is 10.0 Å². The number of hydrogen-bond acceptors (Lipinski definition) is 3. The molecule has 0 saturated carbocycles. The molecule has 0 amide bonds. The monoisotopic (exact) mass is 330 g/mol. The normalized spacial score (nSPS) is 12.2. The van der Waals surface area contributed by atoms with Gasteiger partial charge in [0.25, 0.3) is 0 Å². The molecule has 0 aliphatic rings. The third-order valence-corrected chi connectivity index (χ3v) is 3.41. The summed E-state index contributed by atoms with van der Waals surface area (Å²) in [5.74, 6) is 0.360. The van der Waals surface area contributed by atoms with E-state index in [2.05, 4.69) is 20.3 Å². The molecule has 3 N–H and O–H groups in total. The van der Waals surface area contributed by atoms with Crippen LogP contribution in [0.2, 0.25) is 0 Å². The van der Waals surface area contributed by atoms with Crippen LogP contribution in [0.3, 0.4) is 0 Å². The van der Waals surface area contributed by atoms with Crippen molar-refractivity contribution in [3.8, 4) is 0 Å². The Balaban J connectivity index is 2.39. The highest BCUT2D eigenvalue weighted by Crippen LogP contribution is 2.03. The van der Waals surface area contributed by atoms with Gasteiger partial charge in [-0.05, 0) is 31.0 Å². The first kappa shape index (κ1) is 18.4. The predicted molar refractivity (Wildman–Crippen MR) is 86.9 cm³/mol. The molecule has 0 aliphatic heterocycles. The Morgan fingerprint density at radius 1 is 1.27 bits per heavy atom. The van der Waals surface area contributed by atoms with E-state index < -0.39 is 10.0 Å². The van der Waals surface area contributed by atoms with Crippen LogP contribution in [-0.2, 0) is 16.4 Å². The number of halogens is 1. The van der Waals surface area contributed by atoms with E-state index >= 15 is 0 Å². The molecule has 0 atom stereocenters. The number of sulfonamides is 1. The molecular weight excluding hydrogens is 307 g/mol. The lowest BCUT2D eigenvalue weighted by Gasteiger charge is -2.11. The lowest BCUT2D eigenvalue weighted by Crippen LogP contribution is -2.39. The summed E-state index contributed by atoms with van der Waals surface area (Å²) in [4.78, 5) is 4.26. The summed E-state index contributed by atoms with van der Waals surface area (Å²) < 4.78 is 37.3. The first-order valence-electron chi connectivity index (χ1n) is 7.12. The van der Waals surface area contributed by atoms with Crippen LogP contribution >= 0.6 is 0 Å². The highest BCUT2D eigenvalue weighted by atomic mass is 32.2. The Morgan fingerprint density at radius 2 is 2.05 bits per heavy atom.